The van der Waals surface area contributed by atoms with Crippen LogP contribution in [0.5, 0.6) is 6.01 Å². The number of nitrogens with zero attached hydrogens (tertiary/aromatic N) is 8. The maximum Gasteiger partial charge on any atom is 0.318 e. The molecular formula is C31H36N8O2. The fourth-order valence-corrected chi connectivity index (χ4v) is 6.36. The molecule has 0 unspecified atom stereocenters. The maximum absolute atomic E-state index is 12.5. The van der Waals surface area contributed by atoms with Gasteiger partial charge < -0.3 is 19.4 Å². The summed E-state index contributed by atoms with van der Waals surface area (Å²) in [6.07, 6.45) is 5.69. The van der Waals surface area contributed by atoms with E-state index in [1.54, 1.807) is 4.90 Å². The van der Waals surface area contributed by atoms with E-state index in [1.165, 1.54) is 18.1 Å². The summed E-state index contributed by atoms with van der Waals surface area (Å²) in [6.45, 7) is 9.10. The van der Waals surface area contributed by atoms with E-state index in [0.717, 1.165) is 47.5 Å². The van der Waals surface area contributed by atoms with Crippen LogP contribution in [0.3, 0.4) is 0 Å². The molecule has 0 bridgehead atoms. The summed E-state index contributed by atoms with van der Waals surface area (Å²) < 4.78 is 6.23. The van der Waals surface area contributed by atoms with Crippen molar-refractivity contribution in [2.75, 3.05) is 44.7 Å². The molecule has 6 rings (SSSR count). The Morgan fingerprint density at radius 2 is 2.07 bits per heavy atom. The fourth-order valence-electron chi connectivity index (χ4n) is 6.36. The third-order valence-electron chi connectivity index (χ3n) is 8.58. The Morgan fingerprint density at radius 3 is 2.88 bits per heavy atom. The zero-order valence-electron chi connectivity index (χ0n) is 23.6. The highest BCUT2D eigenvalue weighted by Crippen LogP contribution is 2.34. The number of carbonyl (C=O) groups excluding carboxylic acids is 1. The van der Waals surface area contributed by atoms with E-state index in [-0.39, 0.29) is 18.4 Å². The molecule has 2 aromatic heterocycles. The molecule has 0 N–H and O–H groups in total. The van der Waals surface area contributed by atoms with E-state index in [1.807, 2.05) is 18.3 Å². The highest BCUT2D eigenvalue weighted by molar-refractivity contribution is 5.87. The van der Waals surface area contributed by atoms with Crippen molar-refractivity contribution in [1.82, 2.24) is 29.7 Å². The van der Waals surface area contributed by atoms with E-state index in [2.05, 4.69) is 57.6 Å². The van der Waals surface area contributed by atoms with Gasteiger partial charge in [0.2, 0.25) is 5.91 Å². The van der Waals surface area contributed by atoms with Crippen LogP contribution in [0.2, 0.25) is 0 Å². The van der Waals surface area contributed by atoms with E-state index in [0.29, 0.717) is 51.4 Å². The predicted octanol–water partition coefficient (Wildman–Crippen LogP) is 3.13. The lowest BCUT2D eigenvalue weighted by atomic mass is 10.1. The number of pyridine rings is 1. The van der Waals surface area contributed by atoms with Gasteiger partial charge in [-0.15, -0.1) is 0 Å². The third kappa shape index (κ3) is 5.60. The van der Waals surface area contributed by atoms with Crippen molar-refractivity contribution in [2.24, 2.45) is 0 Å². The first kappa shape index (κ1) is 27.1. The first-order chi connectivity index (χ1) is 20.0. The Kier molecular flexibility index (Phi) is 7.81. The van der Waals surface area contributed by atoms with Crippen molar-refractivity contribution in [2.45, 2.75) is 51.0 Å². The van der Waals surface area contributed by atoms with Crippen LogP contribution in [0.1, 0.15) is 36.1 Å². The zero-order chi connectivity index (χ0) is 28.3. The number of anilines is 1. The molecule has 5 heterocycles. The SMILES string of the molecule is C=CC(=O)N1CCN(c2nc(OC[C@@H]3CCCN3C)nc3c2CN(Cc2cccc4ncccc24)C3)C[C@@H]1CC#N. The first-order valence-corrected chi connectivity index (χ1v) is 14.4. The smallest absolute Gasteiger partial charge is 0.318 e. The van der Waals surface area contributed by atoms with Crippen molar-refractivity contribution in [1.29, 1.82) is 5.26 Å². The summed E-state index contributed by atoms with van der Waals surface area (Å²) in [4.78, 5) is 35.6. The molecule has 3 aliphatic rings. The highest BCUT2D eigenvalue weighted by Gasteiger charge is 2.34. The van der Waals surface area contributed by atoms with Gasteiger partial charge in [0.1, 0.15) is 12.4 Å². The third-order valence-corrected chi connectivity index (χ3v) is 8.58. The van der Waals surface area contributed by atoms with Crippen LogP contribution in [0.25, 0.3) is 10.9 Å². The molecule has 1 amide bonds. The predicted molar refractivity (Wildman–Crippen MR) is 156 cm³/mol. The molecule has 0 saturated carbocycles. The fraction of sp³-hybridized carbons (Fsp3) is 0.452. The summed E-state index contributed by atoms with van der Waals surface area (Å²) in [5, 5.41) is 10.7. The van der Waals surface area contributed by atoms with Crippen LogP contribution >= 0.6 is 0 Å². The Balaban J connectivity index is 1.28. The van der Waals surface area contributed by atoms with Crippen molar-refractivity contribution in [3.8, 4) is 12.1 Å². The first-order valence-electron chi connectivity index (χ1n) is 14.4. The van der Waals surface area contributed by atoms with Gasteiger partial charge in [-0.25, -0.2) is 0 Å². The number of fused-ring (bicyclic) bond motifs is 2. The van der Waals surface area contributed by atoms with Gasteiger partial charge in [-0.05, 0) is 50.2 Å². The quantitative estimate of drug-likeness (QED) is 0.390. The largest absolute Gasteiger partial charge is 0.462 e. The van der Waals surface area contributed by atoms with Gasteiger partial charge in [0, 0.05) is 62.5 Å². The number of benzene rings is 1. The number of carbonyl (C=O) groups is 1. The monoisotopic (exact) mass is 552 g/mol. The normalized spacial score (nSPS) is 21.2. The molecule has 2 fully saturated rings. The number of ether oxygens (including phenoxy) is 1. The van der Waals surface area contributed by atoms with E-state index in [9.17, 15) is 10.1 Å². The molecule has 10 heteroatoms. The van der Waals surface area contributed by atoms with Gasteiger partial charge in [0.25, 0.3) is 0 Å². The van der Waals surface area contributed by atoms with Gasteiger partial charge in [-0.2, -0.15) is 15.2 Å². The molecule has 41 heavy (non-hydrogen) atoms. The van der Waals surface area contributed by atoms with Crippen LogP contribution < -0.4 is 9.64 Å². The second-order valence-electron chi connectivity index (χ2n) is 11.2. The minimum atomic E-state index is -0.234. The number of hydrogen-bond donors (Lipinski definition) is 0. The molecule has 2 atom stereocenters. The van der Waals surface area contributed by atoms with Crippen LogP contribution in [0.4, 0.5) is 5.82 Å². The van der Waals surface area contributed by atoms with Crippen molar-refractivity contribution in [3.05, 3.63) is 66.0 Å². The topological polar surface area (TPSA) is 102 Å². The Labute approximate surface area is 240 Å². The van der Waals surface area contributed by atoms with Gasteiger partial charge in [0.05, 0.1) is 29.7 Å². The second-order valence-corrected chi connectivity index (χ2v) is 11.2. The lowest BCUT2D eigenvalue weighted by Crippen LogP contribution is -2.55. The van der Waals surface area contributed by atoms with Crippen LogP contribution in [0.15, 0.2) is 49.2 Å². The minimum Gasteiger partial charge on any atom is -0.462 e. The second kappa shape index (κ2) is 11.8. The van der Waals surface area contributed by atoms with E-state index >= 15 is 0 Å². The number of amides is 1. The number of rotatable bonds is 8. The molecule has 0 aliphatic carbocycles. The molecule has 0 radical (unpaired) electrons. The van der Waals surface area contributed by atoms with Gasteiger partial charge in [-0.1, -0.05) is 24.8 Å². The molecular weight excluding hydrogens is 516 g/mol. The average molecular weight is 553 g/mol. The van der Waals surface area contributed by atoms with Crippen molar-refractivity contribution < 1.29 is 9.53 Å². The molecule has 0 spiro atoms. The van der Waals surface area contributed by atoms with Gasteiger partial charge in [0.15, 0.2) is 0 Å². The molecule has 10 nitrogen and oxygen atoms in total. The Bertz CT molecular complexity index is 1480. The summed E-state index contributed by atoms with van der Waals surface area (Å²) >= 11 is 0. The number of piperazine rings is 1. The number of aromatic nitrogens is 3. The average Bonchev–Trinajstić information content (AvgIpc) is 3.60. The van der Waals surface area contributed by atoms with Gasteiger partial charge in [-0.3, -0.25) is 14.7 Å². The zero-order valence-corrected chi connectivity index (χ0v) is 23.6. The van der Waals surface area contributed by atoms with E-state index in [4.69, 9.17) is 14.7 Å². The Morgan fingerprint density at radius 1 is 1.17 bits per heavy atom. The maximum atomic E-state index is 12.5. The standard InChI is InChI=1S/C31H36N8O2/c1-3-29(40)39-16-15-38(18-23(39)11-12-32)30-26-19-37(17-22-7-4-10-27-25(22)9-5-13-33-27)20-28(26)34-31(35-30)41-21-24-8-6-14-36(24)2/h3-5,7,9-10,13,23-24H,1,6,8,11,14-21H2,2H3/t23-,24-/m0/s1. The summed E-state index contributed by atoms with van der Waals surface area (Å²) in [5.74, 6) is 0.707. The molecule has 1 aromatic carbocycles. The van der Waals surface area contributed by atoms with E-state index < -0.39 is 0 Å². The lowest BCUT2D eigenvalue weighted by molar-refractivity contribution is -0.128. The highest BCUT2D eigenvalue weighted by atomic mass is 16.5. The lowest BCUT2D eigenvalue weighted by Gasteiger charge is -2.41. The van der Waals surface area contributed by atoms with Crippen molar-refractivity contribution in [3.63, 3.8) is 0 Å². The summed E-state index contributed by atoms with van der Waals surface area (Å²) in [7, 11) is 2.13. The number of hydrogen-bond acceptors (Lipinski definition) is 9. The summed E-state index contributed by atoms with van der Waals surface area (Å²) in [6, 6.07) is 13.1. The molecule has 3 aliphatic heterocycles. The molecule has 212 valence electrons. The molecule has 3 aromatic rings. The summed E-state index contributed by atoms with van der Waals surface area (Å²) in [5.41, 5.74) is 4.28. The Hall–Kier alpha value is -4.07. The molecule has 2 saturated heterocycles. The van der Waals surface area contributed by atoms with Gasteiger partial charge >= 0.3 is 6.01 Å². The van der Waals surface area contributed by atoms with Crippen molar-refractivity contribution >= 4 is 22.6 Å². The van der Waals surface area contributed by atoms with Crippen LogP contribution in [-0.4, -0.2) is 87.5 Å². The minimum absolute atomic E-state index is 0.140. The van der Waals surface area contributed by atoms with Crippen LogP contribution in [-0.2, 0) is 24.4 Å². The number of likely N-dealkylation sites (tertiary alicyclic amines) is 1. The number of nitriles is 1. The number of likely N-dealkylation sites (N-methyl/N-ethyl adjacent to an activating group) is 1. The van der Waals surface area contributed by atoms with Crippen LogP contribution in [0, 0.1) is 11.3 Å².